The fourth-order valence-electron chi connectivity index (χ4n) is 0.887. The van der Waals surface area contributed by atoms with Crippen LogP contribution in [0.4, 0.5) is 0 Å². The third-order valence-electron chi connectivity index (χ3n) is 1.90. The van der Waals surface area contributed by atoms with Crippen LogP contribution in [0.5, 0.6) is 0 Å². The van der Waals surface area contributed by atoms with Crippen molar-refractivity contribution in [3.8, 4) is 6.07 Å². The van der Waals surface area contributed by atoms with E-state index in [2.05, 4.69) is 6.07 Å². The van der Waals surface area contributed by atoms with Crippen LogP contribution in [0, 0.1) is 17.2 Å². The monoisotopic (exact) mass is 140 g/mol. The lowest BCUT2D eigenvalue weighted by Crippen LogP contribution is -2.43. The highest BCUT2D eigenvalue weighted by Gasteiger charge is 2.27. The zero-order valence-corrected chi connectivity index (χ0v) is 7.02. The molecule has 1 unspecified atom stereocenters. The molecule has 0 radical (unpaired) electrons. The van der Waals surface area contributed by atoms with Gasteiger partial charge in [-0.1, -0.05) is 27.2 Å². The van der Waals surface area contributed by atoms with Crippen LogP contribution in [0.25, 0.3) is 0 Å². The molecule has 0 spiro atoms. The van der Waals surface area contributed by atoms with Crippen LogP contribution in [-0.4, -0.2) is 5.54 Å². The lowest BCUT2D eigenvalue weighted by Gasteiger charge is -2.24. The second-order valence-corrected chi connectivity index (χ2v) is 3.06. The van der Waals surface area contributed by atoms with Crippen molar-refractivity contribution in [3.63, 3.8) is 0 Å². The molecule has 0 saturated heterocycles. The molecular formula is C8H16N2. The highest BCUT2D eigenvalue weighted by atomic mass is 14.7. The average molecular weight is 140 g/mol. The summed E-state index contributed by atoms with van der Waals surface area (Å²) >= 11 is 0. The molecule has 2 heteroatoms. The molecule has 1 atom stereocenters. The Labute approximate surface area is 63.0 Å². The van der Waals surface area contributed by atoms with Gasteiger partial charge < -0.3 is 5.73 Å². The van der Waals surface area contributed by atoms with Crippen LogP contribution in [-0.2, 0) is 0 Å². The molecule has 0 rings (SSSR count). The molecular weight excluding hydrogens is 124 g/mol. The van der Waals surface area contributed by atoms with Gasteiger partial charge in [-0.05, 0) is 12.3 Å². The first-order valence-electron chi connectivity index (χ1n) is 3.77. The average Bonchev–Trinajstić information content (AvgIpc) is 1.88. The molecule has 58 valence electrons. The van der Waals surface area contributed by atoms with Gasteiger partial charge in [0.2, 0.25) is 0 Å². The van der Waals surface area contributed by atoms with Crippen molar-refractivity contribution in [2.24, 2.45) is 11.7 Å². The SMILES string of the molecule is CCCC(N)(C#N)C(C)C. The maximum atomic E-state index is 8.71. The molecule has 0 amide bonds. The fraction of sp³-hybridized carbons (Fsp3) is 0.875. The summed E-state index contributed by atoms with van der Waals surface area (Å²) in [7, 11) is 0. The first kappa shape index (κ1) is 9.45. The summed E-state index contributed by atoms with van der Waals surface area (Å²) in [4.78, 5) is 0. The normalized spacial score (nSPS) is 16.4. The number of hydrogen-bond donors (Lipinski definition) is 1. The van der Waals surface area contributed by atoms with Crippen molar-refractivity contribution in [1.29, 1.82) is 5.26 Å². The Bertz CT molecular complexity index is 135. The van der Waals surface area contributed by atoms with Gasteiger partial charge in [0.15, 0.2) is 0 Å². The maximum absolute atomic E-state index is 8.71. The molecule has 2 nitrogen and oxygen atoms in total. The van der Waals surface area contributed by atoms with E-state index in [4.69, 9.17) is 11.0 Å². The van der Waals surface area contributed by atoms with Gasteiger partial charge >= 0.3 is 0 Å². The van der Waals surface area contributed by atoms with Gasteiger partial charge in [-0.3, -0.25) is 0 Å². The van der Waals surface area contributed by atoms with Gasteiger partial charge in [-0.2, -0.15) is 5.26 Å². The van der Waals surface area contributed by atoms with E-state index in [0.717, 1.165) is 12.8 Å². The largest absolute Gasteiger partial charge is 0.313 e. The van der Waals surface area contributed by atoms with Gasteiger partial charge in [0.05, 0.1) is 6.07 Å². The smallest absolute Gasteiger partial charge is 0.106 e. The first-order chi connectivity index (χ1) is 4.56. The van der Waals surface area contributed by atoms with E-state index >= 15 is 0 Å². The Morgan fingerprint density at radius 1 is 1.60 bits per heavy atom. The summed E-state index contributed by atoms with van der Waals surface area (Å²) in [6.07, 6.45) is 1.77. The minimum Gasteiger partial charge on any atom is -0.313 e. The van der Waals surface area contributed by atoms with Gasteiger partial charge in [0.1, 0.15) is 5.54 Å². The molecule has 2 N–H and O–H groups in total. The van der Waals surface area contributed by atoms with E-state index in [1.54, 1.807) is 0 Å². The minimum atomic E-state index is -0.602. The Kier molecular flexibility index (Phi) is 3.38. The summed E-state index contributed by atoms with van der Waals surface area (Å²) in [6, 6.07) is 2.16. The number of nitrogens with zero attached hydrogens (tertiary/aromatic N) is 1. The number of nitrogens with two attached hydrogens (primary N) is 1. The zero-order chi connectivity index (χ0) is 8.20. The zero-order valence-electron chi connectivity index (χ0n) is 7.02. The second kappa shape index (κ2) is 3.58. The van der Waals surface area contributed by atoms with Gasteiger partial charge in [0.25, 0.3) is 0 Å². The third-order valence-corrected chi connectivity index (χ3v) is 1.90. The van der Waals surface area contributed by atoms with Crippen molar-refractivity contribution in [2.75, 3.05) is 0 Å². The molecule has 0 bridgehead atoms. The standard InChI is InChI=1S/C8H16N2/c1-4-5-8(10,6-9)7(2)3/h7H,4-5,10H2,1-3H3. The summed E-state index contributed by atoms with van der Waals surface area (Å²) < 4.78 is 0. The number of hydrogen-bond acceptors (Lipinski definition) is 2. The van der Waals surface area contributed by atoms with Crippen LogP contribution in [0.2, 0.25) is 0 Å². The molecule has 0 heterocycles. The summed E-state index contributed by atoms with van der Waals surface area (Å²) in [6.45, 7) is 6.01. The molecule has 0 aliphatic heterocycles. The maximum Gasteiger partial charge on any atom is 0.106 e. The van der Waals surface area contributed by atoms with Crippen molar-refractivity contribution in [3.05, 3.63) is 0 Å². The molecule has 0 aromatic carbocycles. The topological polar surface area (TPSA) is 49.8 Å². The molecule has 0 aromatic heterocycles. The van der Waals surface area contributed by atoms with Crippen molar-refractivity contribution in [1.82, 2.24) is 0 Å². The van der Waals surface area contributed by atoms with Crippen LogP contribution in [0.1, 0.15) is 33.6 Å². The molecule has 0 aliphatic rings. The predicted molar refractivity (Wildman–Crippen MR) is 42.3 cm³/mol. The Morgan fingerprint density at radius 3 is 2.20 bits per heavy atom. The quantitative estimate of drug-likeness (QED) is 0.648. The van der Waals surface area contributed by atoms with Gasteiger partial charge in [-0.15, -0.1) is 0 Å². The van der Waals surface area contributed by atoms with Gasteiger partial charge in [-0.25, -0.2) is 0 Å². The van der Waals surface area contributed by atoms with Crippen LogP contribution in [0.15, 0.2) is 0 Å². The van der Waals surface area contributed by atoms with E-state index in [1.807, 2.05) is 20.8 Å². The highest BCUT2D eigenvalue weighted by molar-refractivity contribution is 5.06. The van der Waals surface area contributed by atoms with E-state index in [-0.39, 0.29) is 5.92 Å². The highest BCUT2D eigenvalue weighted by Crippen LogP contribution is 2.18. The molecule has 10 heavy (non-hydrogen) atoms. The van der Waals surface area contributed by atoms with Crippen LogP contribution < -0.4 is 5.73 Å². The second-order valence-electron chi connectivity index (χ2n) is 3.06. The summed E-state index contributed by atoms with van der Waals surface area (Å²) in [5.74, 6) is 0.248. The van der Waals surface area contributed by atoms with E-state index in [9.17, 15) is 0 Å². The fourth-order valence-corrected chi connectivity index (χ4v) is 0.887. The number of nitriles is 1. The Hall–Kier alpha value is -0.550. The molecule has 0 aliphatic carbocycles. The van der Waals surface area contributed by atoms with Crippen molar-refractivity contribution in [2.45, 2.75) is 39.2 Å². The van der Waals surface area contributed by atoms with Crippen molar-refractivity contribution >= 4 is 0 Å². The number of rotatable bonds is 3. The molecule has 0 saturated carbocycles. The van der Waals surface area contributed by atoms with E-state index in [0.29, 0.717) is 0 Å². The Balaban J connectivity index is 4.12. The minimum absolute atomic E-state index is 0.248. The first-order valence-corrected chi connectivity index (χ1v) is 3.77. The predicted octanol–water partition coefficient (Wildman–Crippen LogP) is 1.66. The lowest BCUT2D eigenvalue weighted by molar-refractivity contribution is 0.367. The third kappa shape index (κ3) is 2.00. The Morgan fingerprint density at radius 2 is 2.10 bits per heavy atom. The van der Waals surface area contributed by atoms with Gasteiger partial charge in [0, 0.05) is 0 Å². The van der Waals surface area contributed by atoms with Crippen LogP contribution >= 0.6 is 0 Å². The summed E-state index contributed by atoms with van der Waals surface area (Å²) in [5.41, 5.74) is 5.19. The van der Waals surface area contributed by atoms with Crippen LogP contribution in [0.3, 0.4) is 0 Å². The molecule has 0 fully saturated rings. The summed E-state index contributed by atoms with van der Waals surface area (Å²) in [5, 5.41) is 8.71. The van der Waals surface area contributed by atoms with Crippen molar-refractivity contribution < 1.29 is 0 Å². The lowest BCUT2D eigenvalue weighted by atomic mass is 9.85. The molecule has 0 aromatic rings. The van der Waals surface area contributed by atoms with E-state index in [1.165, 1.54) is 0 Å². The van der Waals surface area contributed by atoms with E-state index < -0.39 is 5.54 Å².